The molecule has 2 unspecified atom stereocenters. The molecule has 1 N–H and O–H groups in total. The number of carbonyl (C=O) groups excluding carboxylic acids is 1. The zero-order chi connectivity index (χ0) is 39.1. The number of carbonyl (C=O) groups is 1. The van der Waals surface area contributed by atoms with Gasteiger partial charge in [-0.15, -0.1) is 0 Å². The molecule has 2 aromatic carbocycles. The maximum atomic E-state index is 12.6. The van der Waals surface area contributed by atoms with Crippen LogP contribution < -0.4 is 0 Å². The second kappa shape index (κ2) is 14.2. The summed E-state index contributed by atoms with van der Waals surface area (Å²) in [5.74, 6) is -0.759. The Morgan fingerprint density at radius 3 is 1.77 bits per heavy atom. The number of allylic oxidation sites excluding steroid dienone is 6. The molecular formula is C41H42N10O2. The first-order chi connectivity index (χ1) is 25.0. The highest BCUT2D eigenvalue weighted by molar-refractivity contribution is 5.90. The molecule has 0 saturated carbocycles. The van der Waals surface area contributed by atoms with Gasteiger partial charge in [0.15, 0.2) is 11.4 Å². The highest BCUT2D eigenvalue weighted by atomic mass is 16.6. The minimum Gasteiger partial charge on any atom is -0.442 e. The molecule has 12 heteroatoms. The Labute approximate surface area is 310 Å². The van der Waals surface area contributed by atoms with Gasteiger partial charge in [-0.1, -0.05) is 12.1 Å². The monoisotopic (exact) mass is 706 g/mol. The Morgan fingerprint density at radius 2 is 1.30 bits per heavy atom. The van der Waals surface area contributed by atoms with Crippen molar-refractivity contribution in [3.05, 3.63) is 127 Å². The zero-order valence-corrected chi connectivity index (χ0v) is 32.0. The Bertz CT molecular complexity index is 2410. The van der Waals surface area contributed by atoms with Crippen LogP contribution in [-0.4, -0.2) is 55.6 Å². The molecule has 268 valence electrons. The van der Waals surface area contributed by atoms with E-state index in [1.807, 2.05) is 95.8 Å². The predicted octanol–water partition coefficient (Wildman–Crippen LogP) is 8.95. The van der Waals surface area contributed by atoms with Gasteiger partial charge < -0.3 is 14.5 Å². The summed E-state index contributed by atoms with van der Waals surface area (Å²) < 4.78 is 6.72. The Balaban J connectivity index is 0.000000211. The first kappa shape index (κ1) is 37.6. The van der Waals surface area contributed by atoms with Crippen LogP contribution in [-0.2, 0) is 4.74 Å². The first-order valence-corrected chi connectivity index (χ1v) is 17.0. The van der Waals surface area contributed by atoms with Crippen molar-refractivity contribution in [3.8, 4) is 12.1 Å². The van der Waals surface area contributed by atoms with Crippen LogP contribution in [0.15, 0.2) is 81.7 Å². The molecule has 12 nitrogen and oxygen atoms in total. The molecule has 0 bridgehead atoms. The van der Waals surface area contributed by atoms with E-state index in [4.69, 9.17) is 17.9 Å². The smallest absolute Gasteiger partial charge is 0.435 e. The number of hydrogen-bond acceptors (Lipinski definition) is 8. The number of nitrogens with one attached hydrogen (secondary N) is 1. The van der Waals surface area contributed by atoms with Gasteiger partial charge in [0, 0.05) is 53.3 Å². The Kier molecular flexibility index (Phi) is 10.1. The van der Waals surface area contributed by atoms with E-state index in [2.05, 4.69) is 37.1 Å². The topological polar surface area (TPSA) is 136 Å². The van der Waals surface area contributed by atoms with Gasteiger partial charge in [0.05, 0.1) is 65.0 Å². The number of nitriles is 2. The van der Waals surface area contributed by atoms with E-state index < -0.39 is 17.6 Å². The normalized spacial score (nSPS) is 17.7. The highest BCUT2D eigenvalue weighted by Crippen LogP contribution is 2.43. The Hall–Kier alpha value is -6.63. The summed E-state index contributed by atoms with van der Waals surface area (Å²) in [4.78, 5) is 23.9. The quantitative estimate of drug-likeness (QED) is 0.204. The lowest BCUT2D eigenvalue weighted by molar-refractivity contribution is 0.0522. The van der Waals surface area contributed by atoms with E-state index in [-0.39, 0.29) is 5.92 Å². The van der Waals surface area contributed by atoms with Gasteiger partial charge in [-0.25, -0.2) is 14.5 Å². The summed E-state index contributed by atoms with van der Waals surface area (Å²) in [5, 5.41) is 32.9. The third-order valence-corrected chi connectivity index (χ3v) is 10.0. The van der Waals surface area contributed by atoms with Crippen LogP contribution in [0, 0.1) is 49.7 Å². The number of aromatic amines is 1. The molecule has 4 aromatic rings. The molecule has 6 rings (SSSR count). The lowest BCUT2D eigenvalue weighted by atomic mass is 9.84. The van der Waals surface area contributed by atoms with E-state index in [0.717, 1.165) is 55.9 Å². The number of aromatic nitrogens is 4. The second-order valence-corrected chi connectivity index (χ2v) is 14.3. The van der Waals surface area contributed by atoms with Crippen molar-refractivity contribution in [1.82, 2.24) is 29.8 Å². The van der Waals surface area contributed by atoms with E-state index in [0.29, 0.717) is 33.8 Å². The third-order valence-electron chi connectivity index (χ3n) is 10.0. The van der Waals surface area contributed by atoms with Crippen molar-refractivity contribution in [2.75, 3.05) is 14.1 Å². The molecule has 0 radical (unpaired) electrons. The second-order valence-electron chi connectivity index (χ2n) is 14.3. The molecule has 0 fully saturated rings. The number of ether oxygens (including phenoxy) is 1. The van der Waals surface area contributed by atoms with Gasteiger partial charge >= 0.3 is 6.09 Å². The number of benzene rings is 2. The summed E-state index contributed by atoms with van der Waals surface area (Å²) in [7, 11) is 3.76. The van der Waals surface area contributed by atoms with Crippen molar-refractivity contribution in [2.24, 2.45) is 0 Å². The summed E-state index contributed by atoms with van der Waals surface area (Å²) >= 11 is 0. The van der Waals surface area contributed by atoms with Crippen molar-refractivity contribution in [2.45, 2.75) is 79.8 Å². The molecule has 4 heterocycles. The van der Waals surface area contributed by atoms with Gasteiger partial charge in [-0.05, 0) is 97.7 Å². The lowest BCUT2D eigenvalue weighted by Gasteiger charge is -2.32. The van der Waals surface area contributed by atoms with Gasteiger partial charge in [-0.2, -0.15) is 25.4 Å². The van der Waals surface area contributed by atoms with E-state index >= 15 is 0 Å². The Morgan fingerprint density at radius 1 is 0.811 bits per heavy atom. The predicted molar refractivity (Wildman–Crippen MR) is 203 cm³/mol. The third kappa shape index (κ3) is 6.64. The molecule has 0 spiro atoms. The largest absolute Gasteiger partial charge is 0.442 e. The minimum absolute atomic E-state index is 0.313. The molecule has 0 saturated heterocycles. The molecule has 0 aliphatic carbocycles. The average molecular weight is 707 g/mol. The molecular weight excluding hydrogens is 665 g/mol. The molecule has 0 amide bonds. The van der Waals surface area contributed by atoms with Gasteiger partial charge in [0.2, 0.25) is 0 Å². The standard InChI is InChI=1S/C23H25N5O2.C18H17N5/c1-13-17-11-16(9-10-19(17)28(26-13)22(29)30-23(4,5)6)20-18(12-24)14(2)27(8)15(3)21(20)25-7;1-10-14-8-13(6-7-16(14)22-21-10)17-15(9-19)11(2)23(5)12(3)18(17)20-4/h9-11,20H,1-6,8H3;6-8,17H,1-3,5H3,(H,21,22). The van der Waals surface area contributed by atoms with E-state index in [9.17, 15) is 15.3 Å². The fourth-order valence-corrected chi connectivity index (χ4v) is 6.79. The number of fused-ring (bicyclic) bond motifs is 2. The number of H-pyrrole nitrogens is 1. The zero-order valence-electron chi connectivity index (χ0n) is 32.0. The summed E-state index contributed by atoms with van der Waals surface area (Å²) in [6.07, 6.45) is -0.543. The first-order valence-electron chi connectivity index (χ1n) is 17.0. The van der Waals surface area contributed by atoms with Crippen LogP contribution in [0.5, 0.6) is 0 Å². The fourth-order valence-electron chi connectivity index (χ4n) is 6.79. The van der Waals surface area contributed by atoms with Crippen molar-refractivity contribution in [1.29, 1.82) is 10.5 Å². The maximum Gasteiger partial charge on any atom is 0.435 e. The number of nitrogens with zero attached hydrogens (tertiary/aromatic N) is 9. The fraction of sp³-hybridized carbons (Fsp3) is 0.341. The number of hydrogen-bond donors (Lipinski definition) is 1. The molecule has 2 aliphatic heterocycles. The summed E-state index contributed by atoms with van der Waals surface area (Å²) in [5.41, 5.74) is 10.1. The highest BCUT2D eigenvalue weighted by Gasteiger charge is 2.34. The van der Waals surface area contributed by atoms with E-state index in [1.54, 1.807) is 26.8 Å². The van der Waals surface area contributed by atoms with Crippen LogP contribution in [0.4, 0.5) is 4.79 Å². The summed E-state index contributed by atoms with van der Waals surface area (Å²) in [6, 6.07) is 16.1. The average Bonchev–Trinajstić information content (AvgIpc) is 3.67. The SMILES string of the molecule is [C-]#[N+]C1=C(C)N(C)C(C)=C(C#N)C1c1ccc2c(c1)c(C)nn2C(=O)OC(C)(C)C.[C-]#[N+]C1=C(C)N(C)C(C)=C(C#N)C1c1ccc2n[nH]c(C)c2c1. The van der Waals surface area contributed by atoms with Crippen molar-refractivity contribution in [3.63, 3.8) is 0 Å². The molecule has 2 aliphatic rings. The van der Waals surface area contributed by atoms with Crippen LogP contribution in [0.25, 0.3) is 31.5 Å². The van der Waals surface area contributed by atoms with Crippen molar-refractivity contribution >= 4 is 27.9 Å². The van der Waals surface area contributed by atoms with Crippen LogP contribution in [0.2, 0.25) is 0 Å². The van der Waals surface area contributed by atoms with Gasteiger partial charge in [-0.3, -0.25) is 5.10 Å². The molecule has 2 aromatic heterocycles. The van der Waals surface area contributed by atoms with Crippen LogP contribution in [0.3, 0.4) is 0 Å². The van der Waals surface area contributed by atoms with E-state index in [1.165, 1.54) is 4.68 Å². The lowest BCUT2D eigenvalue weighted by Crippen LogP contribution is -2.27. The molecule has 53 heavy (non-hydrogen) atoms. The molecule has 2 atom stereocenters. The maximum absolute atomic E-state index is 12.6. The minimum atomic E-state index is -0.631. The van der Waals surface area contributed by atoms with Crippen LogP contribution >= 0.6 is 0 Å². The number of aryl methyl sites for hydroxylation is 2. The number of rotatable bonds is 2. The summed E-state index contributed by atoms with van der Waals surface area (Å²) in [6.45, 7) is 32.2. The van der Waals surface area contributed by atoms with Crippen molar-refractivity contribution < 1.29 is 9.53 Å². The van der Waals surface area contributed by atoms with Crippen LogP contribution in [0.1, 0.15) is 82.8 Å². The van der Waals surface area contributed by atoms with Gasteiger partial charge in [0.1, 0.15) is 5.60 Å². The van der Waals surface area contributed by atoms with Gasteiger partial charge in [0.25, 0.3) is 0 Å².